The Labute approximate surface area is 137 Å². The Morgan fingerprint density at radius 1 is 1.00 bits per heavy atom. The van der Waals surface area contributed by atoms with E-state index in [-0.39, 0.29) is 35.2 Å². The molecule has 0 unspecified atom stereocenters. The van der Waals surface area contributed by atoms with Gasteiger partial charge < -0.3 is 20.8 Å². The minimum Gasteiger partial charge on any atom is -0.506 e. The highest BCUT2D eigenvalue weighted by Gasteiger charge is 2.11. The van der Waals surface area contributed by atoms with Crippen molar-refractivity contribution in [3.63, 3.8) is 0 Å². The van der Waals surface area contributed by atoms with Crippen molar-refractivity contribution in [2.45, 2.75) is 13.3 Å². The van der Waals surface area contributed by atoms with Crippen LogP contribution in [0.1, 0.15) is 22.8 Å². The van der Waals surface area contributed by atoms with Crippen LogP contribution in [0.4, 0.5) is 11.4 Å². The molecule has 0 fully saturated rings. The van der Waals surface area contributed by atoms with E-state index in [0.29, 0.717) is 5.69 Å². The molecule has 7 nitrogen and oxygen atoms in total. The van der Waals surface area contributed by atoms with E-state index in [1.54, 1.807) is 24.3 Å². The number of phenolic OH excluding ortho intramolecular Hbond substituents is 1. The summed E-state index contributed by atoms with van der Waals surface area (Å²) in [6, 6.07) is 10.5. The van der Waals surface area contributed by atoms with Gasteiger partial charge in [-0.25, -0.2) is 4.79 Å². The molecule has 0 aliphatic heterocycles. The van der Waals surface area contributed by atoms with Crippen molar-refractivity contribution in [3.05, 3.63) is 53.6 Å². The normalized spacial score (nSPS) is 10.0. The maximum absolute atomic E-state index is 12.0. The van der Waals surface area contributed by atoms with Crippen LogP contribution in [0.15, 0.2) is 42.5 Å². The van der Waals surface area contributed by atoms with Crippen LogP contribution >= 0.6 is 0 Å². The Morgan fingerprint density at radius 2 is 1.67 bits per heavy atom. The zero-order valence-electron chi connectivity index (χ0n) is 12.9. The molecule has 4 N–H and O–H groups in total. The fraction of sp³-hybridized carbons (Fsp3) is 0.118. The van der Waals surface area contributed by atoms with Crippen molar-refractivity contribution in [3.8, 4) is 5.75 Å². The summed E-state index contributed by atoms with van der Waals surface area (Å²) >= 11 is 0. The van der Waals surface area contributed by atoms with Crippen molar-refractivity contribution in [1.29, 1.82) is 0 Å². The number of hydrogen-bond donors (Lipinski definition) is 4. The van der Waals surface area contributed by atoms with Crippen molar-refractivity contribution < 1.29 is 24.6 Å². The summed E-state index contributed by atoms with van der Waals surface area (Å²) in [5.74, 6) is -2.02. The van der Waals surface area contributed by atoms with E-state index in [9.17, 15) is 19.5 Å². The number of rotatable bonds is 5. The highest BCUT2D eigenvalue weighted by Crippen LogP contribution is 2.24. The molecule has 0 bridgehead atoms. The zero-order chi connectivity index (χ0) is 17.7. The van der Waals surface area contributed by atoms with E-state index in [0.717, 1.165) is 11.6 Å². The van der Waals surface area contributed by atoms with E-state index in [2.05, 4.69) is 10.6 Å². The number of hydrogen-bond acceptors (Lipinski definition) is 4. The summed E-state index contributed by atoms with van der Waals surface area (Å²) in [5.41, 5.74) is 1.43. The van der Waals surface area contributed by atoms with Gasteiger partial charge in [-0.3, -0.25) is 9.59 Å². The van der Waals surface area contributed by atoms with Gasteiger partial charge in [-0.1, -0.05) is 12.1 Å². The SMILES string of the molecule is CC(=O)Nc1ccc(CC(=O)Nc2ccc(C(=O)O)cc2O)cc1. The van der Waals surface area contributed by atoms with Crippen molar-refractivity contribution in [2.75, 3.05) is 10.6 Å². The van der Waals surface area contributed by atoms with Gasteiger partial charge in [0.1, 0.15) is 5.75 Å². The minimum atomic E-state index is -1.16. The molecule has 0 atom stereocenters. The van der Waals surface area contributed by atoms with Crippen molar-refractivity contribution >= 4 is 29.2 Å². The second-order valence-electron chi connectivity index (χ2n) is 5.14. The molecule has 0 aliphatic carbocycles. The maximum Gasteiger partial charge on any atom is 0.335 e. The number of benzene rings is 2. The molecule has 0 saturated heterocycles. The molecule has 7 heteroatoms. The van der Waals surface area contributed by atoms with E-state index in [1.807, 2.05) is 0 Å². The van der Waals surface area contributed by atoms with Gasteiger partial charge in [0.25, 0.3) is 0 Å². The van der Waals surface area contributed by atoms with Crippen molar-refractivity contribution in [2.24, 2.45) is 0 Å². The summed E-state index contributed by atoms with van der Waals surface area (Å²) in [4.78, 5) is 33.7. The molecule has 0 saturated carbocycles. The lowest BCUT2D eigenvalue weighted by Gasteiger charge is -2.09. The lowest BCUT2D eigenvalue weighted by Crippen LogP contribution is -2.14. The number of anilines is 2. The Hall–Kier alpha value is -3.35. The molecule has 2 amide bonds. The van der Waals surface area contributed by atoms with Gasteiger partial charge in [0, 0.05) is 12.6 Å². The molecule has 124 valence electrons. The highest BCUT2D eigenvalue weighted by molar-refractivity contribution is 5.95. The lowest BCUT2D eigenvalue weighted by molar-refractivity contribution is -0.116. The number of nitrogens with one attached hydrogen (secondary N) is 2. The fourth-order valence-electron chi connectivity index (χ4n) is 2.06. The van der Waals surface area contributed by atoms with Crippen LogP contribution in [0.3, 0.4) is 0 Å². The van der Waals surface area contributed by atoms with Crippen LogP contribution < -0.4 is 10.6 Å². The van der Waals surface area contributed by atoms with E-state index < -0.39 is 5.97 Å². The molecule has 0 radical (unpaired) electrons. The average molecular weight is 328 g/mol. The molecule has 2 aromatic rings. The van der Waals surface area contributed by atoms with Crippen LogP contribution in [-0.4, -0.2) is 28.0 Å². The number of aromatic hydroxyl groups is 1. The maximum atomic E-state index is 12.0. The van der Waals surface area contributed by atoms with Gasteiger partial charge in [-0.05, 0) is 35.9 Å². The van der Waals surface area contributed by atoms with Crippen LogP contribution in [0.2, 0.25) is 0 Å². The number of carboxylic acids is 1. The molecule has 2 aromatic carbocycles. The van der Waals surface area contributed by atoms with Gasteiger partial charge >= 0.3 is 5.97 Å². The Balaban J connectivity index is 2.00. The highest BCUT2D eigenvalue weighted by atomic mass is 16.4. The quantitative estimate of drug-likeness (QED) is 0.628. The number of carboxylic acid groups (broad SMARTS) is 1. The fourth-order valence-corrected chi connectivity index (χ4v) is 2.06. The zero-order valence-corrected chi connectivity index (χ0v) is 12.9. The second kappa shape index (κ2) is 7.28. The van der Waals surface area contributed by atoms with Gasteiger partial charge in [0.15, 0.2) is 0 Å². The molecule has 0 aromatic heterocycles. The smallest absolute Gasteiger partial charge is 0.335 e. The van der Waals surface area contributed by atoms with Gasteiger partial charge in [0.2, 0.25) is 11.8 Å². The summed E-state index contributed by atoms with van der Waals surface area (Å²) in [6.45, 7) is 1.41. The predicted octanol–water partition coefficient (Wildman–Crippen LogP) is 2.23. The summed E-state index contributed by atoms with van der Waals surface area (Å²) < 4.78 is 0. The first-order valence-electron chi connectivity index (χ1n) is 7.08. The van der Waals surface area contributed by atoms with Crippen LogP contribution in [0.25, 0.3) is 0 Å². The first kappa shape index (κ1) is 17.0. The third-order valence-electron chi connectivity index (χ3n) is 3.16. The first-order valence-corrected chi connectivity index (χ1v) is 7.08. The average Bonchev–Trinajstić information content (AvgIpc) is 2.50. The molecular weight excluding hydrogens is 312 g/mol. The van der Waals surface area contributed by atoms with Crippen LogP contribution in [0.5, 0.6) is 5.75 Å². The van der Waals surface area contributed by atoms with Gasteiger partial charge in [0.05, 0.1) is 17.7 Å². The monoisotopic (exact) mass is 328 g/mol. The van der Waals surface area contributed by atoms with E-state index in [1.165, 1.54) is 19.1 Å². The molecule has 0 heterocycles. The third-order valence-corrected chi connectivity index (χ3v) is 3.16. The molecule has 0 aliphatic rings. The number of carbonyl (C=O) groups excluding carboxylic acids is 2. The van der Waals surface area contributed by atoms with E-state index >= 15 is 0 Å². The number of carbonyl (C=O) groups is 3. The molecule has 24 heavy (non-hydrogen) atoms. The standard InChI is InChI=1S/C17H16N2O5/c1-10(20)18-13-5-2-11(3-6-13)8-16(22)19-14-7-4-12(17(23)24)9-15(14)21/h2-7,9,21H,8H2,1H3,(H,18,20)(H,19,22)(H,23,24). The predicted molar refractivity (Wildman–Crippen MR) is 88.1 cm³/mol. The Kier molecular flexibility index (Phi) is 5.16. The first-order chi connectivity index (χ1) is 11.3. The van der Waals surface area contributed by atoms with Crippen LogP contribution in [-0.2, 0) is 16.0 Å². The molecule has 0 spiro atoms. The number of amides is 2. The Morgan fingerprint density at radius 3 is 2.21 bits per heavy atom. The lowest BCUT2D eigenvalue weighted by atomic mass is 10.1. The third kappa shape index (κ3) is 4.57. The van der Waals surface area contributed by atoms with E-state index in [4.69, 9.17) is 5.11 Å². The molecular formula is C17H16N2O5. The summed E-state index contributed by atoms with van der Waals surface area (Å²) in [7, 11) is 0. The summed E-state index contributed by atoms with van der Waals surface area (Å²) in [5, 5.41) is 23.7. The largest absolute Gasteiger partial charge is 0.506 e. The van der Waals surface area contributed by atoms with Gasteiger partial charge in [-0.15, -0.1) is 0 Å². The van der Waals surface area contributed by atoms with Crippen molar-refractivity contribution in [1.82, 2.24) is 0 Å². The Bertz CT molecular complexity index is 784. The molecule has 2 rings (SSSR count). The topological polar surface area (TPSA) is 116 Å². The van der Waals surface area contributed by atoms with Crippen LogP contribution in [0, 0.1) is 0 Å². The van der Waals surface area contributed by atoms with Gasteiger partial charge in [-0.2, -0.15) is 0 Å². The number of aromatic carboxylic acids is 1. The second-order valence-corrected chi connectivity index (χ2v) is 5.14. The summed E-state index contributed by atoms with van der Waals surface area (Å²) in [6.07, 6.45) is 0.0699. The minimum absolute atomic E-state index is 0.0699. The number of phenols is 1.